The van der Waals surface area contributed by atoms with Crippen LogP contribution in [0.15, 0.2) is 62.0 Å². The Labute approximate surface area is 190 Å². The highest BCUT2D eigenvalue weighted by Gasteiger charge is 2.61. The zero-order chi connectivity index (χ0) is 21.2. The minimum Gasteiger partial charge on any atom is -0.461 e. The van der Waals surface area contributed by atoms with E-state index in [0.29, 0.717) is 30.1 Å². The zero-order valence-electron chi connectivity index (χ0n) is 15.9. The van der Waals surface area contributed by atoms with Crippen LogP contribution in [0.2, 0.25) is 0 Å². The molecule has 0 aliphatic heterocycles. The number of hydrogen-bond donors (Lipinski definition) is 0. The third-order valence-corrected chi connectivity index (χ3v) is 5.73. The Bertz CT molecular complexity index is 936. The third kappa shape index (κ3) is 5.61. The quantitative estimate of drug-likeness (QED) is 0.398. The second kappa shape index (κ2) is 9.18. The van der Waals surface area contributed by atoms with E-state index in [4.69, 9.17) is 55.6 Å². The van der Waals surface area contributed by atoms with Crippen molar-refractivity contribution in [1.82, 2.24) is 0 Å². The van der Waals surface area contributed by atoms with Crippen LogP contribution in [-0.2, 0) is 17.6 Å². The summed E-state index contributed by atoms with van der Waals surface area (Å²) < 4.78 is 11.9. The van der Waals surface area contributed by atoms with Crippen LogP contribution in [0.1, 0.15) is 30.9 Å². The largest absolute Gasteiger partial charge is 0.461 e. The number of hydrogen-bond acceptors (Lipinski definition) is 3. The van der Waals surface area contributed by atoms with E-state index >= 15 is 0 Å². The molecule has 1 aromatic carbocycles. The van der Waals surface area contributed by atoms with Crippen LogP contribution >= 0.6 is 46.4 Å². The average Bonchev–Trinajstić information content (AvgIpc) is 2.97. The van der Waals surface area contributed by atoms with Crippen molar-refractivity contribution in [3.63, 3.8) is 0 Å². The Balaban J connectivity index is 1.80. The van der Waals surface area contributed by atoms with Crippen molar-refractivity contribution in [2.24, 2.45) is 17.3 Å². The van der Waals surface area contributed by atoms with Gasteiger partial charge in [0, 0.05) is 18.9 Å². The van der Waals surface area contributed by atoms with Gasteiger partial charge in [-0.1, -0.05) is 90.6 Å². The van der Waals surface area contributed by atoms with Gasteiger partial charge >= 0.3 is 5.97 Å². The van der Waals surface area contributed by atoms with Gasteiger partial charge in [-0.15, -0.1) is 0 Å². The summed E-state index contributed by atoms with van der Waals surface area (Å²) in [5.74, 6) is 0.792. The van der Waals surface area contributed by atoms with E-state index in [0.717, 1.165) is 5.56 Å². The molecule has 0 bridgehead atoms. The van der Waals surface area contributed by atoms with E-state index in [9.17, 15) is 4.79 Å². The van der Waals surface area contributed by atoms with E-state index in [1.165, 1.54) is 0 Å². The van der Waals surface area contributed by atoms with Crippen LogP contribution in [0.4, 0.5) is 0 Å². The van der Waals surface area contributed by atoms with Gasteiger partial charge in [-0.3, -0.25) is 4.79 Å². The van der Waals surface area contributed by atoms with Gasteiger partial charge in [-0.25, -0.2) is 0 Å². The maximum Gasteiger partial charge on any atom is 0.315 e. The number of furan rings is 1. The first-order valence-electron chi connectivity index (χ1n) is 9.09. The molecule has 3 nitrogen and oxygen atoms in total. The fourth-order valence-corrected chi connectivity index (χ4v) is 3.92. The molecule has 0 radical (unpaired) electrons. The molecule has 1 aromatic heterocycles. The number of carbonyl (C=O) groups is 1. The molecule has 2 unspecified atom stereocenters. The minimum absolute atomic E-state index is 0.0728. The van der Waals surface area contributed by atoms with Gasteiger partial charge in [0.15, 0.2) is 11.5 Å². The normalized spacial score (nSPS) is 19.4. The maximum absolute atomic E-state index is 12.8. The summed E-state index contributed by atoms with van der Waals surface area (Å²) in [5, 5.41) is 0. The van der Waals surface area contributed by atoms with Crippen LogP contribution < -0.4 is 4.74 Å². The molecule has 1 saturated carbocycles. The highest BCUT2D eigenvalue weighted by Crippen LogP contribution is 2.60. The average molecular weight is 474 g/mol. The summed E-state index contributed by atoms with van der Waals surface area (Å²) in [6.07, 6.45) is 4.16. The maximum atomic E-state index is 12.8. The highest BCUT2D eigenvalue weighted by molar-refractivity contribution is 6.56. The molecule has 1 fully saturated rings. The van der Waals surface area contributed by atoms with Crippen molar-refractivity contribution in [3.8, 4) is 5.75 Å². The first-order valence-corrected chi connectivity index (χ1v) is 10.6. The number of rotatable bonds is 7. The Morgan fingerprint density at radius 3 is 2.45 bits per heavy atom. The molecule has 0 N–H and O–H groups in total. The van der Waals surface area contributed by atoms with Crippen LogP contribution in [0.3, 0.4) is 0 Å². The summed E-state index contributed by atoms with van der Waals surface area (Å²) >= 11 is 23.0. The number of halogens is 4. The molecular weight excluding hydrogens is 454 g/mol. The predicted octanol–water partition coefficient (Wildman–Crippen LogP) is 7.23. The summed E-state index contributed by atoms with van der Waals surface area (Å²) in [7, 11) is 0. The molecule has 0 spiro atoms. The van der Waals surface area contributed by atoms with Gasteiger partial charge in [-0.05, 0) is 29.0 Å². The summed E-state index contributed by atoms with van der Waals surface area (Å²) in [5.41, 5.74) is 0.810. The predicted molar refractivity (Wildman–Crippen MR) is 118 cm³/mol. The molecule has 154 valence electrons. The smallest absolute Gasteiger partial charge is 0.315 e. The number of ether oxygens (including phenoxy) is 1. The van der Waals surface area contributed by atoms with Crippen molar-refractivity contribution in [2.75, 3.05) is 0 Å². The lowest BCUT2D eigenvalue weighted by molar-refractivity contribution is -0.136. The molecule has 1 aliphatic carbocycles. The number of carbonyl (C=O) groups excluding carboxylic acids is 1. The molecule has 7 heteroatoms. The van der Waals surface area contributed by atoms with Crippen molar-refractivity contribution in [3.05, 3.63) is 74.6 Å². The Kier molecular flexibility index (Phi) is 7.06. The fraction of sp³-hybridized carbons (Fsp3) is 0.318. The lowest BCUT2D eigenvalue weighted by atomic mass is 10.1. The second-order valence-electron chi connectivity index (χ2n) is 7.56. The second-order valence-corrected chi connectivity index (χ2v) is 9.58. The van der Waals surface area contributed by atoms with E-state index in [1.54, 1.807) is 18.2 Å². The Morgan fingerprint density at radius 2 is 1.83 bits per heavy atom. The van der Waals surface area contributed by atoms with Crippen molar-refractivity contribution < 1.29 is 13.9 Å². The van der Waals surface area contributed by atoms with Crippen molar-refractivity contribution in [1.29, 1.82) is 0 Å². The monoisotopic (exact) mass is 472 g/mol. The molecule has 2 aromatic rings. The third-order valence-electron chi connectivity index (χ3n) is 5.16. The van der Waals surface area contributed by atoms with Gasteiger partial charge in [0.1, 0.15) is 14.7 Å². The van der Waals surface area contributed by atoms with Gasteiger partial charge in [0.25, 0.3) is 0 Å². The number of benzene rings is 1. The summed E-state index contributed by atoms with van der Waals surface area (Å²) in [6, 6.07) is 11.6. The van der Waals surface area contributed by atoms with Gasteiger partial charge in [0.2, 0.25) is 0 Å². The van der Waals surface area contributed by atoms with Gasteiger partial charge in [-0.2, -0.15) is 0 Å². The molecule has 2 atom stereocenters. The standard InChI is InChI=1S/C22H20Cl4O3/c1-22(2)15(12-19(25)26)20(22)21(27)29-17-11-14(10-13-6-4-3-5-7-13)28-16(17)8-9-18(23)24/h3-7,9,11-12,15,20H,8,10H2,1-2H3. The molecule has 0 saturated heterocycles. The van der Waals surface area contributed by atoms with Crippen LogP contribution in [0, 0.1) is 17.3 Å². The number of allylic oxidation sites excluding steroid dienone is 2. The van der Waals surface area contributed by atoms with E-state index in [2.05, 4.69) is 0 Å². The number of esters is 1. The fourth-order valence-electron chi connectivity index (χ4n) is 3.49. The topological polar surface area (TPSA) is 39.4 Å². The lowest BCUT2D eigenvalue weighted by Crippen LogP contribution is -2.14. The molecule has 29 heavy (non-hydrogen) atoms. The van der Waals surface area contributed by atoms with Crippen molar-refractivity contribution >= 4 is 52.4 Å². The molecule has 0 amide bonds. The van der Waals surface area contributed by atoms with Crippen molar-refractivity contribution in [2.45, 2.75) is 26.7 Å². The van der Waals surface area contributed by atoms with Gasteiger partial charge in [0.05, 0.1) is 5.92 Å². The SMILES string of the molecule is CC1(C)C(C=C(Cl)Cl)C1C(=O)Oc1cc(Cc2ccccc2)oc1CC=C(Cl)Cl. The minimum atomic E-state index is -0.347. The zero-order valence-corrected chi connectivity index (χ0v) is 18.9. The first kappa shape index (κ1) is 22.3. The first-order chi connectivity index (χ1) is 13.7. The molecule has 3 rings (SSSR count). The summed E-state index contributed by atoms with van der Waals surface area (Å²) in [4.78, 5) is 12.8. The highest BCUT2D eigenvalue weighted by atomic mass is 35.5. The Hall–Kier alpha value is -1.39. The van der Waals surface area contributed by atoms with E-state index in [1.807, 2.05) is 44.2 Å². The summed E-state index contributed by atoms with van der Waals surface area (Å²) in [6.45, 7) is 3.95. The van der Waals surface area contributed by atoms with Crippen LogP contribution in [0.25, 0.3) is 0 Å². The van der Waals surface area contributed by atoms with Gasteiger partial charge < -0.3 is 9.15 Å². The van der Waals surface area contributed by atoms with Crippen LogP contribution in [0.5, 0.6) is 5.75 Å². The van der Waals surface area contributed by atoms with E-state index in [-0.39, 0.29) is 32.2 Å². The molecule has 1 aliphatic rings. The lowest BCUT2D eigenvalue weighted by Gasteiger charge is -2.04. The van der Waals surface area contributed by atoms with E-state index < -0.39 is 0 Å². The van der Waals surface area contributed by atoms with Crippen LogP contribution in [-0.4, -0.2) is 5.97 Å². The molecule has 1 heterocycles. The Morgan fingerprint density at radius 1 is 1.14 bits per heavy atom. The molecular formula is C22H20Cl4O3.